The van der Waals surface area contributed by atoms with E-state index in [1.165, 1.54) is 24.1 Å². The first-order valence-corrected chi connectivity index (χ1v) is 23.1. The molecular formula is C47H58FN3O10S. The number of carbonyl (C=O) groups excluding carboxylic acids is 4. The fraction of sp³-hybridized carbons (Fsp3) is 0.553. The van der Waals surface area contributed by atoms with Crippen LogP contribution in [0, 0.1) is 34.9 Å². The summed E-state index contributed by atoms with van der Waals surface area (Å²) in [5.74, 6) is -3.10. The lowest BCUT2D eigenvalue weighted by atomic mass is 9.82. The number of nitrogens with one attached hydrogen (secondary N) is 1. The molecule has 2 amide bonds. The molecule has 0 radical (unpaired) electrons. The predicted octanol–water partition coefficient (Wildman–Crippen LogP) is 7.34. The van der Waals surface area contributed by atoms with Gasteiger partial charge < -0.3 is 23.8 Å². The standard InChI is InChI=1S/C47H58FN3O10S/c1-27-10-8-9-11-31-24-47(31,45(55)50-62(56,57)34-14-15-34)25-40(52)39-22-33(26-51(39)44(54)36(28(2)18-27)23-42(53)61-46(3,4)5)60-43-35-16-13-32(58-6)19-30(35)21-38(49-43)29-12-17-41(59-7)37(48)20-29/h9,11-13,16-17,19-21,27-28,31,33-34,36,39H,8,10,14-15,18,22-26H2,1-7H3,(H,50,55)/b11-9-/t27-,28-,31-,33-,36+,39+,47-/m1/s1. The summed E-state index contributed by atoms with van der Waals surface area (Å²) >= 11 is 0. The molecule has 15 heteroatoms. The summed E-state index contributed by atoms with van der Waals surface area (Å²) in [4.78, 5) is 63.7. The summed E-state index contributed by atoms with van der Waals surface area (Å²) in [5.41, 5.74) is -1.25. The lowest BCUT2D eigenvalue weighted by molar-refractivity contribution is -0.160. The first-order valence-electron chi connectivity index (χ1n) is 21.6. The van der Waals surface area contributed by atoms with Crippen molar-refractivity contribution in [2.24, 2.45) is 29.1 Å². The summed E-state index contributed by atoms with van der Waals surface area (Å²) < 4.78 is 66.4. The van der Waals surface area contributed by atoms with Crippen LogP contribution in [0.15, 0.2) is 54.6 Å². The molecule has 62 heavy (non-hydrogen) atoms. The number of carbonyl (C=O) groups is 4. The van der Waals surface area contributed by atoms with E-state index in [2.05, 4.69) is 11.6 Å². The van der Waals surface area contributed by atoms with E-state index in [1.54, 1.807) is 58.2 Å². The second kappa shape index (κ2) is 17.6. The quantitative estimate of drug-likeness (QED) is 0.160. The lowest BCUT2D eigenvalue weighted by Gasteiger charge is -2.32. The van der Waals surface area contributed by atoms with Crippen molar-refractivity contribution < 1.29 is 50.9 Å². The first kappa shape index (κ1) is 45.0. The second-order valence-electron chi connectivity index (χ2n) is 18.7. The number of pyridine rings is 1. The number of esters is 1. The number of rotatable bonds is 10. The molecule has 2 aliphatic heterocycles. The average molecular weight is 876 g/mol. The fourth-order valence-corrected chi connectivity index (χ4v) is 10.5. The number of ketones is 1. The van der Waals surface area contributed by atoms with E-state index in [4.69, 9.17) is 23.9 Å². The Morgan fingerprint density at radius 1 is 1.00 bits per heavy atom. The van der Waals surface area contributed by atoms with E-state index in [1.807, 2.05) is 19.1 Å². The Bertz CT molecular complexity index is 2380. The van der Waals surface area contributed by atoms with Crippen LogP contribution in [0.25, 0.3) is 22.0 Å². The third-order valence-electron chi connectivity index (χ3n) is 12.7. The number of fused-ring (bicyclic) bond motifs is 3. The molecule has 2 aliphatic carbocycles. The topological polar surface area (TPSA) is 167 Å². The third-order valence-corrected chi connectivity index (χ3v) is 14.5. The smallest absolute Gasteiger partial charge is 0.307 e. The number of halogens is 1. The van der Waals surface area contributed by atoms with E-state index < -0.39 is 73.7 Å². The van der Waals surface area contributed by atoms with Crippen LogP contribution in [0.1, 0.15) is 92.4 Å². The molecular weight excluding hydrogens is 818 g/mol. The van der Waals surface area contributed by atoms with Crippen LogP contribution >= 0.6 is 0 Å². The van der Waals surface area contributed by atoms with Crippen LogP contribution in [0.5, 0.6) is 17.4 Å². The SMILES string of the molecule is COc1ccc2c(O[C@@H]3C[C@H]4C(=O)C[C@]5(C(=O)NS(=O)(=O)C6CC6)C[C@H]5/C=C\CC[C@@H](C)C[C@@H](C)[C@H](CC(=O)OC(C)(C)C)C(=O)N4C3)nc(-c3ccc(OC)c(F)c3)cc2c1. The van der Waals surface area contributed by atoms with Gasteiger partial charge in [-0.05, 0) is 125 Å². The molecule has 1 N–H and O–H groups in total. The highest BCUT2D eigenvalue weighted by Gasteiger charge is 2.61. The summed E-state index contributed by atoms with van der Waals surface area (Å²) in [6, 6.07) is 10.6. The van der Waals surface area contributed by atoms with Crippen molar-refractivity contribution in [3.8, 4) is 28.6 Å². The molecule has 2 saturated carbocycles. The molecule has 13 nitrogen and oxygen atoms in total. The molecule has 3 aromatic rings. The summed E-state index contributed by atoms with van der Waals surface area (Å²) in [6.45, 7) is 9.30. The summed E-state index contributed by atoms with van der Waals surface area (Å²) in [6.07, 6.45) is 6.02. The Kier molecular flexibility index (Phi) is 12.8. The number of sulfonamides is 1. The number of Topliss-reactive ketones (excluding diaryl/α,β-unsaturated/α-hetero) is 1. The second-order valence-corrected chi connectivity index (χ2v) is 20.7. The number of aromatic nitrogens is 1. The highest BCUT2D eigenvalue weighted by atomic mass is 32.2. The number of amides is 2. The van der Waals surface area contributed by atoms with Gasteiger partial charge >= 0.3 is 5.97 Å². The molecule has 3 heterocycles. The van der Waals surface area contributed by atoms with E-state index >= 15 is 4.79 Å². The zero-order chi connectivity index (χ0) is 44.7. The Labute approximate surface area is 363 Å². The average Bonchev–Trinajstić information content (AvgIpc) is 4.14. The minimum Gasteiger partial charge on any atom is -0.497 e. The van der Waals surface area contributed by atoms with Crippen LogP contribution in [-0.2, 0) is 33.9 Å². The van der Waals surface area contributed by atoms with Gasteiger partial charge in [-0.2, -0.15) is 0 Å². The van der Waals surface area contributed by atoms with Crippen LogP contribution < -0.4 is 18.9 Å². The number of hydrogen-bond donors (Lipinski definition) is 1. The number of hydrogen-bond acceptors (Lipinski definition) is 11. The molecule has 4 aliphatic rings. The number of allylic oxidation sites excluding steroid dienone is 2. The van der Waals surface area contributed by atoms with Gasteiger partial charge in [0, 0.05) is 23.8 Å². The van der Waals surface area contributed by atoms with Gasteiger partial charge in [0.15, 0.2) is 17.3 Å². The number of methoxy groups -OCH3 is 2. The predicted molar refractivity (Wildman–Crippen MR) is 230 cm³/mol. The molecule has 7 atom stereocenters. The molecule has 0 unspecified atom stereocenters. The minimum absolute atomic E-state index is 0.0355. The van der Waals surface area contributed by atoms with Crippen molar-refractivity contribution in [2.45, 2.75) is 115 Å². The Balaban J connectivity index is 1.27. The van der Waals surface area contributed by atoms with Crippen LogP contribution in [0.4, 0.5) is 4.39 Å². The first-order chi connectivity index (χ1) is 29.3. The Morgan fingerprint density at radius 2 is 1.76 bits per heavy atom. The van der Waals surface area contributed by atoms with Crippen molar-refractivity contribution in [3.05, 3.63) is 60.4 Å². The van der Waals surface area contributed by atoms with Gasteiger partial charge in [-0.15, -0.1) is 0 Å². The molecule has 3 fully saturated rings. The molecule has 0 spiro atoms. The summed E-state index contributed by atoms with van der Waals surface area (Å²) in [5, 5.41) is 0.659. The lowest BCUT2D eigenvalue weighted by Crippen LogP contribution is -2.47. The maximum Gasteiger partial charge on any atom is 0.307 e. The molecule has 7 rings (SSSR count). The molecule has 0 bridgehead atoms. The van der Waals surface area contributed by atoms with Gasteiger partial charge in [-0.3, -0.25) is 23.9 Å². The Hall–Kier alpha value is -5.05. The highest BCUT2D eigenvalue weighted by Crippen LogP contribution is 2.57. The number of nitrogens with zero attached hydrogens (tertiary/aromatic N) is 2. The normalized spacial score (nSPS) is 27.6. The molecule has 1 saturated heterocycles. The van der Waals surface area contributed by atoms with E-state index in [-0.39, 0.29) is 61.6 Å². The molecule has 1 aromatic heterocycles. The van der Waals surface area contributed by atoms with E-state index in [9.17, 15) is 27.2 Å². The summed E-state index contributed by atoms with van der Waals surface area (Å²) in [7, 11) is -0.977. The van der Waals surface area contributed by atoms with Crippen molar-refractivity contribution in [3.63, 3.8) is 0 Å². The van der Waals surface area contributed by atoms with Crippen LogP contribution in [0.3, 0.4) is 0 Å². The number of ether oxygens (including phenoxy) is 4. The van der Waals surface area contributed by atoms with Gasteiger partial charge in [0.25, 0.3) is 0 Å². The number of benzene rings is 2. The Morgan fingerprint density at radius 3 is 2.44 bits per heavy atom. The third kappa shape index (κ3) is 9.92. The molecule has 2 aromatic carbocycles. The van der Waals surface area contributed by atoms with E-state index in [0.29, 0.717) is 53.5 Å². The fourth-order valence-electron chi connectivity index (χ4n) is 9.10. The maximum atomic E-state index is 15.1. The van der Waals surface area contributed by atoms with Gasteiger partial charge in [0.05, 0.1) is 55.5 Å². The van der Waals surface area contributed by atoms with Gasteiger partial charge in [-0.1, -0.05) is 26.0 Å². The van der Waals surface area contributed by atoms with Gasteiger partial charge in [0.1, 0.15) is 17.5 Å². The van der Waals surface area contributed by atoms with Crippen molar-refractivity contribution >= 4 is 44.4 Å². The zero-order valence-corrected chi connectivity index (χ0v) is 37.4. The maximum absolute atomic E-state index is 15.1. The van der Waals surface area contributed by atoms with Crippen LogP contribution in [0.2, 0.25) is 0 Å². The van der Waals surface area contributed by atoms with Crippen LogP contribution in [-0.4, -0.2) is 85.6 Å². The van der Waals surface area contributed by atoms with Gasteiger partial charge in [-0.25, -0.2) is 17.8 Å². The van der Waals surface area contributed by atoms with Crippen molar-refractivity contribution in [1.29, 1.82) is 0 Å². The van der Waals surface area contributed by atoms with Crippen molar-refractivity contribution in [2.75, 3.05) is 20.8 Å². The monoisotopic (exact) mass is 875 g/mol. The minimum atomic E-state index is -3.90. The highest BCUT2D eigenvalue weighted by molar-refractivity contribution is 7.90. The largest absolute Gasteiger partial charge is 0.497 e. The van der Waals surface area contributed by atoms with E-state index in [0.717, 1.165) is 6.42 Å². The van der Waals surface area contributed by atoms with Gasteiger partial charge in [0.2, 0.25) is 27.7 Å². The zero-order valence-electron chi connectivity index (χ0n) is 36.6. The molecule has 334 valence electrons. The van der Waals surface area contributed by atoms with Crippen molar-refractivity contribution in [1.82, 2.24) is 14.6 Å².